The van der Waals surface area contributed by atoms with E-state index in [4.69, 9.17) is 0 Å². The zero-order chi connectivity index (χ0) is 18.4. The number of nitrogens with one attached hydrogen (secondary N) is 1. The lowest BCUT2D eigenvalue weighted by Gasteiger charge is -2.31. The molecule has 2 heterocycles. The molecule has 0 aromatic heterocycles. The summed E-state index contributed by atoms with van der Waals surface area (Å²) in [7, 11) is 0. The van der Waals surface area contributed by atoms with Gasteiger partial charge in [-0.3, -0.25) is 9.69 Å². The molecule has 0 unspecified atom stereocenters. The Bertz CT molecular complexity index is 580. The number of hydrogen-bond acceptors (Lipinski definition) is 3. The second-order valence-corrected chi connectivity index (χ2v) is 7.67. The summed E-state index contributed by atoms with van der Waals surface area (Å²) in [6, 6.07) is 6.91. The van der Waals surface area contributed by atoms with Crippen molar-refractivity contribution in [3.63, 3.8) is 0 Å². The van der Waals surface area contributed by atoms with Crippen LogP contribution in [0.4, 0.5) is 4.39 Å². The number of hydrogen-bond donors (Lipinski definition) is 1. The van der Waals surface area contributed by atoms with Crippen LogP contribution in [0.15, 0.2) is 24.3 Å². The molecule has 0 aliphatic carbocycles. The maximum Gasteiger partial charge on any atom is 0.220 e. The Morgan fingerprint density at radius 1 is 1.19 bits per heavy atom. The molecule has 2 fully saturated rings. The van der Waals surface area contributed by atoms with Crippen LogP contribution in [-0.2, 0) is 4.79 Å². The molecule has 144 valence electrons. The SMILES string of the molecule is CCN1CCC(CC(=O)NC[C@H](c2ccccc2F)N2CCCC2)CC1. The molecular weight excluding hydrogens is 329 g/mol. The van der Waals surface area contributed by atoms with Crippen LogP contribution in [0, 0.1) is 11.7 Å². The normalized spacial score (nSPS) is 21.0. The first-order valence-corrected chi connectivity index (χ1v) is 10.1. The van der Waals surface area contributed by atoms with E-state index in [0.29, 0.717) is 24.4 Å². The number of rotatable bonds is 7. The smallest absolute Gasteiger partial charge is 0.220 e. The van der Waals surface area contributed by atoms with Crippen molar-refractivity contribution in [3.8, 4) is 0 Å². The van der Waals surface area contributed by atoms with Crippen molar-refractivity contribution in [2.75, 3.05) is 39.3 Å². The minimum Gasteiger partial charge on any atom is -0.354 e. The van der Waals surface area contributed by atoms with Gasteiger partial charge >= 0.3 is 0 Å². The summed E-state index contributed by atoms with van der Waals surface area (Å²) in [5.41, 5.74) is 0.700. The average molecular weight is 362 g/mol. The van der Waals surface area contributed by atoms with Gasteiger partial charge in [-0.25, -0.2) is 4.39 Å². The van der Waals surface area contributed by atoms with Crippen molar-refractivity contribution in [1.82, 2.24) is 15.1 Å². The summed E-state index contributed by atoms with van der Waals surface area (Å²) < 4.78 is 14.3. The van der Waals surface area contributed by atoms with Crippen LogP contribution in [0.2, 0.25) is 0 Å². The van der Waals surface area contributed by atoms with Gasteiger partial charge in [-0.2, -0.15) is 0 Å². The minimum absolute atomic E-state index is 0.0652. The molecule has 1 atom stereocenters. The van der Waals surface area contributed by atoms with Gasteiger partial charge in [-0.05, 0) is 70.4 Å². The number of halogens is 1. The largest absolute Gasteiger partial charge is 0.354 e. The van der Waals surface area contributed by atoms with Gasteiger partial charge in [0.1, 0.15) is 5.82 Å². The van der Waals surface area contributed by atoms with E-state index in [1.165, 1.54) is 6.07 Å². The fourth-order valence-electron chi connectivity index (χ4n) is 4.29. The molecule has 0 spiro atoms. The van der Waals surface area contributed by atoms with E-state index in [-0.39, 0.29) is 17.8 Å². The first kappa shape index (κ1) is 19.3. The Kier molecular flexibility index (Phi) is 7.03. The summed E-state index contributed by atoms with van der Waals surface area (Å²) in [6.45, 7) is 7.93. The van der Waals surface area contributed by atoms with Crippen LogP contribution in [0.25, 0.3) is 0 Å². The monoisotopic (exact) mass is 361 g/mol. The highest BCUT2D eigenvalue weighted by Crippen LogP contribution is 2.27. The Labute approximate surface area is 156 Å². The van der Waals surface area contributed by atoms with Gasteiger partial charge in [0, 0.05) is 18.5 Å². The molecule has 2 saturated heterocycles. The molecule has 0 saturated carbocycles. The van der Waals surface area contributed by atoms with Gasteiger partial charge < -0.3 is 10.2 Å². The van der Waals surface area contributed by atoms with Crippen LogP contribution in [0.3, 0.4) is 0 Å². The van der Waals surface area contributed by atoms with E-state index in [1.807, 2.05) is 12.1 Å². The Morgan fingerprint density at radius 2 is 1.88 bits per heavy atom. The molecular formula is C21H32FN3O. The number of carbonyl (C=O) groups is 1. The summed E-state index contributed by atoms with van der Waals surface area (Å²) in [4.78, 5) is 17.2. The van der Waals surface area contributed by atoms with Crippen molar-refractivity contribution in [1.29, 1.82) is 0 Å². The van der Waals surface area contributed by atoms with Crippen LogP contribution >= 0.6 is 0 Å². The summed E-state index contributed by atoms with van der Waals surface area (Å²) >= 11 is 0. The molecule has 2 aliphatic heterocycles. The second kappa shape index (κ2) is 9.47. The Hall–Kier alpha value is -1.46. The van der Waals surface area contributed by atoms with Gasteiger partial charge in [-0.1, -0.05) is 25.1 Å². The number of benzene rings is 1. The fourth-order valence-corrected chi connectivity index (χ4v) is 4.29. The lowest BCUT2D eigenvalue weighted by atomic mass is 9.93. The van der Waals surface area contributed by atoms with Crippen molar-refractivity contribution in [2.45, 2.75) is 45.1 Å². The van der Waals surface area contributed by atoms with Gasteiger partial charge in [0.15, 0.2) is 0 Å². The first-order valence-electron chi connectivity index (χ1n) is 10.1. The van der Waals surface area contributed by atoms with Crippen LogP contribution in [0.5, 0.6) is 0 Å². The Morgan fingerprint density at radius 3 is 2.54 bits per heavy atom. The van der Waals surface area contributed by atoms with E-state index in [0.717, 1.165) is 58.4 Å². The fraction of sp³-hybridized carbons (Fsp3) is 0.667. The quantitative estimate of drug-likeness (QED) is 0.810. The van der Waals surface area contributed by atoms with E-state index in [2.05, 4.69) is 22.0 Å². The number of carbonyl (C=O) groups excluding carboxylic acids is 1. The standard InChI is InChI=1S/C21H32FN3O/c1-2-24-13-9-17(10-14-24)15-21(26)23-16-20(25-11-5-6-12-25)18-7-3-4-8-19(18)22/h3-4,7-8,17,20H,2,5-6,9-16H2,1H3,(H,23,26)/t20-/m1/s1. The van der Waals surface area contributed by atoms with Gasteiger partial charge in [0.2, 0.25) is 5.91 Å². The third-order valence-corrected chi connectivity index (χ3v) is 5.97. The van der Waals surface area contributed by atoms with Gasteiger partial charge in [0.05, 0.1) is 6.04 Å². The van der Waals surface area contributed by atoms with Crippen molar-refractivity contribution < 1.29 is 9.18 Å². The predicted molar refractivity (Wildman–Crippen MR) is 102 cm³/mol. The maximum absolute atomic E-state index is 14.3. The van der Waals surface area contributed by atoms with E-state index >= 15 is 0 Å². The number of nitrogens with zero attached hydrogens (tertiary/aromatic N) is 2. The van der Waals surface area contributed by atoms with Crippen LogP contribution in [-0.4, -0.2) is 55.0 Å². The third kappa shape index (κ3) is 5.04. The first-order chi connectivity index (χ1) is 12.7. The second-order valence-electron chi connectivity index (χ2n) is 7.67. The lowest BCUT2D eigenvalue weighted by molar-refractivity contribution is -0.122. The molecule has 4 nitrogen and oxygen atoms in total. The molecule has 3 rings (SSSR count). The number of piperidine rings is 1. The Balaban J connectivity index is 1.54. The van der Waals surface area contributed by atoms with Gasteiger partial charge in [0.25, 0.3) is 0 Å². The van der Waals surface area contributed by atoms with Crippen LogP contribution in [0.1, 0.15) is 50.6 Å². The molecule has 0 radical (unpaired) electrons. The average Bonchev–Trinajstić information content (AvgIpc) is 3.18. The highest BCUT2D eigenvalue weighted by molar-refractivity contribution is 5.76. The third-order valence-electron chi connectivity index (χ3n) is 5.97. The summed E-state index contributed by atoms with van der Waals surface area (Å²) in [5.74, 6) is 0.419. The molecule has 5 heteroatoms. The number of amides is 1. The maximum atomic E-state index is 14.3. The van der Waals surface area contributed by atoms with Crippen molar-refractivity contribution in [3.05, 3.63) is 35.6 Å². The molecule has 1 N–H and O–H groups in total. The highest BCUT2D eigenvalue weighted by atomic mass is 19.1. The summed E-state index contributed by atoms with van der Waals surface area (Å²) in [6.07, 6.45) is 5.10. The summed E-state index contributed by atoms with van der Waals surface area (Å²) in [5, 5.41) is 3.10. The molecule has 26 heavy (non-hydrogen) atoms. The minimum atomic E-state index is -0.175. The predicted octanol–water partition coefficient (Wildman–Crippen LogP) is 3.20. The number of likely N-dealkylation sites (tertiary alicyclic amines) is 2. The van der Waals surface area contributed by atoms with Gasteiger partial charge in [-0.15, -0.1) is 0 Å². The van der Waals surface area contributed by atoms with E-state index in [1.54, 1.807) is 6.07 Å². The van der Waals surface area contributed by atoms with Crippen molar-refractivity contribution >= 4 is 5.91 Å². The van der Waals surface area contributed by atoms with Crippen LogP contribution < -0.4 is 5.32 Å². The van der Waals surface area contributed by atoms with E-state index in [9.17, 15) is 9.18 Å². The molecule has 1 amide bonds. The van der Waals surface area contributed by atoms with Crippen molar-refractivity contribution in [2.24, 2.45) is 5.92 Å². The molecule has 0 bridgehead atoms. The highest BCUT2D eigenvalue weighted by Gasteiger charge is 2.27. The molecule has 2 aliphatic rings. The lowest BCUT2D eigenvalue weighted by Crippen LogP contribution is -2.39. The topological polar surface area (TPSA) is 35.6 Å². The molecule has 1 aromatic rings. The zero-order valence-electron chi connectivity index (χ0n) is 15.9. The van der Waals surface area contributed by atoms with E-state index < -0.39 is 0 Å². The molecule has 1 aromatic carbocycles. The zero-order valence-corrected chi connectivity index (χ0v) is 15.9.